The third-order valence-corrected chi connectivity index (χ3v) is 14.5. The lowest BCUT2D eigenvalue weighted by Gasteiger charge is -2.39. The number of carbonyl (C=O) groups is 4. The highest BCUT2D eigenvalue weighted by Gasteiger charge is 2.45. The first-order valence-corrected chi connectivity index (χ1v) is 26.9. The molecule has 6 atom stereocenters. The van der Waals surface area contributed by atoms with Gasteiger partial charge in [-0.05, 0) is 66.4 Å². The zero-order valence-electron chi connectivity index (χ0n) is 43.2. The van der Waals surface area contributed by atoms with Gasteiger partial charge in [-0.3, -0.25) is 24.1 Å². The number of halogens is 1. The molecule has 6 N–H and O–H groups in total. The van der Waals surface area contributed by atoms with E-state index in [2.05, 4.69) is 15.3 Å². The highest BCUT2D eigenvalue weighted by atomic mass is 35.5. The van der Waals surface area contributed by atoms with E-state index in [1.54, 1.807) is 43.5 Å². The summed E-state index contributed by atoms with van der Waals surface area (Å²) in [7, 11) is -2.37. The molecule has 26 nitrogen and oxygen atoms in total. The van der Waals surface area contributed by atoms with Crippen molar-refractivity contribution in [1.82, 2.24) is 29.8 Å². The highest BCUT2D eigenvalue weighted by Crippen LogP contribution is 2.48. The zero-order chi connectivity index (χ0) is 57.0. The van der Waals surface area contributed by atoms with Crippen molar-refractivity contribution in [3.63, 3.8) is 0 Å². The minimum atomic E-state index is -5.29. The molecule has 0 bridgehead atoms. The van der Waals surface area contributed by atoms with Gasteiger partial charge in [-0.15, -0.1) is 25.1 Å². The van der Waals surface area contributed by atoms with E-state index >= 15 is 0 Å². The Morgan fingerprint density at radius 1 is 0.887 bits per heavy atom. The van der Waals surface area contributed by atoms with Crippen LogP contribution in [0.1, 0.15) is 44.9 Å². The lowest BCUT2D eigenvalue weighted by atomic mass is 9.95. The Labute approximate surface area is 461 Å². The standard InChI is InChI=1S/C52H56ClN7O19S/c1-4-75-41-19-29-17-36(54-35(29)21-38(41)62)51(69)60-24-30(23-53)46-34-20-32(72-3)6-7-33(34)40(22-37(46)60)78-80(70,71)79-42-18-28(5-8-39(42)76-52-49(67)48(66)47(65)43(26-61)77-52)50(68)57(2)11-14-73-15-12-58-25-31(55-56-58)27-74-16-13-59-44(63)9-10-45(59)64/h5-10,17-22,25,30,43,47-49,52,54,61-62,65-67H,4,11-16,23-24,26-27H2,1-3H3/t30-,43-,47+,48+,49-,52-/m1/s1. The fourth-order valence-electron chi connectivity index (χ4n) is 9.25. The number of aliphatic hydroxyl groups is 4. The third-order valence-electron chi connectivity index (χ3n) is 13.3. The van der Waals surface area contributed by atoms with E-state index < -0.39 is 88.8 Å². The van der Waals surface area contributed by atoms with Gasteiger partial charge in [0, 0.05) is 78.1 Å². The van der Waals surface area contributed by atoms with E-state index in [4.69, 9.17) is 48.4 Å². The van der Waals surface area contributed by atoms with Crippen molar-refractivity contribution in [3.8, 4) is 34.5 Å². The van der Waals surface area contributed by atoms with Crippen LogP contribution in [0.5, 0.6) is 34.5 Å². The van der Waals surface area contributed by atoms with E-state index in [1.807, 2.05) is 0 Å². The smallest absolute Gasteiger partial charge is 0.501 e. The molecule has 0 spiro atoms. The predicted molar refractivity (Wildman–Crippen MR) is 281 cm³/mol. The van der Waals surface area contributed by atoms with Gasteiger partial charge >= 0.3 is 10.4 Å². The number of aromatic amines is 1. The van der Waals surface area contributed by atoms with Crippen molar-refractivity contribution in [2.75, 3.05) is 77.6 Å². The third kappa shape index (κ3) is 12.2. The number of phenols is 1. The number of hydrogen-bond donors (Lipinski definition) is 6. The van der Waals surface area contributed by atoms with Gasteiger partial charge in [0.25, 0.3) is 23.6 Å². The molecule has 4 amide bonds. The van der Waals surface area contributed by atoms with Crippen molar-refractivity contribution >= 4 is 73.0 Å². The molecule has 0 unspecified atom stereocenters. The number of fused-ring (bicyclic) bond motifs is 4. The van der Waals surface area contributed by atoms with Crippen molar-refractivity contribution < 1.29 is 89.9 Å². The molecule has 4 aromatic carbocycles. The molecule has 1 fully saturated rings. The Balaban J connectivity index is 0.929. The van der Waals surface area contributed by atoms with Gasteiger partial charge in [0.2, 0.25) is 6.29 Å². The molecule has 0 saturated carbocycles. The van der Waals surface area contributed by atoms with Crippen LogP contribution < -0.4 is 27.5 Å². The summed E-state index contributed by atoms with van der Waals surface area (Å²) in [4.78, 5) is 58.7. The number of rotatable bonds is 24. The summed E-state index contributed by atoms with van der Waals surface area (Å²) in [6.45, 7) is 2.15. The predicted octanol–water partition coefficient (Wildman–Crippen LogP) is 2.12. The van der Waals surface area contributed by atoms with Crippen molar-refractivity contribution in [3.05, 3.63) is 102 Å². The van der Waals surface area contributed by atoms with E-state index in [-0.39, 0.29) is 105 Å². The minimum Gasteiger partial charge on any atom is -0.504 e. The molecule has 80 heavy (non-hydrogen) atoms. The summed E-state index contributed by atoms with van der Waals surface area (Å²) in [6, 6.07) is 14.2. The summed E-state index contributed by atoms with van der Waals surface area (Å²) in [5.41, 5.74) is 1.79. The van der Waals surface area contributed by atoms with Gasteiger partial charge in [0.15, 0.2) is 28.7 Å². The van der Waals surface area contributed by atoms with E-state index in [9.17, 15) is 53.1 Å². The summed E-state index contributed by atoms with van der Waals surface area (Å²) in [5, 5.41) is 61.5. The number of hydrogen-bond acceptors (Lipinski definition) is 21. The van der Waals surface area contributed by atoms with Crippen molar-refractivity contribution in [2.24, 2.45) is 0 Å². The van der Waals surface area contributed by atoms with Gasteiger partial charge in [-0.2, -0.15) is 0 Å². The highest BCUT2D eigenvalue weighted by molar-refractivity contribution is 7.82. The van der Waals surface area contributed by atoms with Crippen LogP contribution in [-0.4, -0.2) is 191 Å². The topological polar surface area (TPSA) is 334 Å². The van der Waals surface area contributed by atoms with Crippen LogP contribution in [0, 0.1) is 0 Å². The zero-order valence-corrected chi connectivity index (χ0v) is 44.7. The molecule has 1 saturated heterocycles. The van der Waals surface area contributed by atoms with Crippen LogP contribution in [0.3, 0.4) is 0 Å². The Morgan fingerprint density at radius 2 is 1.65 bits per heavy atom. The van der Waals surface area contributed by atoms with Crippen LogP contribution in [0.15, 0.2) is 79.0 Å². The normalized spacial score (nSPS) is 19.9. The molecule has 28 heteroatoms. The molecular weight excluding hydrogens is 1090 g/mol. The molecular formula is C52H56ClN7O19S. The van der Waals surface area contributed by atoms with Gasteiger partial charge in [-0.1, -0.05) is 5.21 Å². The van der Waals surface area contributed by atoms with Crippen LogP contribution >= 0.6 is 11.6 Å². The Hall–Kier alpha value is -7.60. The monoisotopic (exact) mass is 1150 g/mol. The number of aliphatic hydroxyl groups excluding tert-OH is 4. The summed E-state index contributed by atoms with van der Waals surface area (Å²) in [5.74, 6) is -3.33. The number of methoxy groups -OCH3 is 1. The first-order valence-electron chi connectivity index (χ1n) is 25.0. The number of phenolic OH excluding ortho intramolecular Hbond substituents is 1. The lowest BCUT2D eigenvalue weighted by Crippen LogP contribution is -2.60. The number of ether oxygens (including phenoxy) is 6. The van der Waals surface area contributed by atoms with Gasteiger partial charge in [0.1, 0.15) is 41.6 Å². The maximum atomic E-state index is 14.5. The SMILES string of the molecule is CCOc1cc2cc(C(=O)N3C[C@@H](CCl)c4c3cc(OS(=O)(=O)Oc3cc(C(=O)N(C)CCOCCn5cc(COCCN6C(=O)C=CC6=O)nn5)ccc3O[C@@H]3O[C@H](CO)[C@H](O)[C@H](O)[C@H]3O)c3ccc(OC)cc43)[nH]c2cc1O. The minimum absolute atomic E-state index is 0.0482. The number of imide groups is 1. The van der Waals surface area contributed by atoms with Crippen LogP contribution in [-0.2, 0) is 47.4 Å². The summed E-state index contributed by atoms with van der Waals surface area (Å²) in [6.07, 6.45) is -4.76. The Bertz CT molecular complexity index is 3430. The van der Waals surface area contributed by atoms with E-state index in [1.165, 1.54) is 59.0 Å². The van der Waals surface area contributed by atoms with Crippen LogP contribution in [0.25, 0.3) is 21.7 Å². The number of benzene rings is 4. The number of aromatic hydroxyl groups is 1. The molecule has 2 aromatic heterocycles. The maximum Gasteiger partial charge on any atom is 0.501 e. The second-order valence-electron chi connectivity index (χ2n) is 18.6. The number of alkyl halides is 1. The number of anilines is 1. The maximum absolute atomic E-state index is 14.5. The summed E-state index contributed by atoms with van der Waals surface area (Å²) >= 11 is 6.57. The molecule has 0 radical (unpaired) electrons. The van der Waals surface area contributed by atoms with Crippen molar-refractivity contribution in [2.45, 2.75) is 56.7 Å². The van der Waals surface area contributed by atoms with Gasteiger partial charge in [-0.25, -0.2) is 4.68 Å². The number of likely N-dealkylation sites (N-methyl/N-ethyl adjacent to an activating group) is 1. The van der Waals surface area contributed by atoms with E-state index in [0.717, 1.165) is 17.0 Å². The number of amides is 4. The lowest BCUT2D eigenvalue weighted by molar-refractivity contribution is -0.277. The first-order chi connectivity index (χ1) is 38.4. The largest absolute Gasteiger partial charge is 0.504 e. The second-order valence-corrected chi connectivity index (χ2v) is 20.0. The Kier molecular flexibility index (Phi) is 17.4. The number of H-pyrrole nitrogens is 1. The van der Waals surface area contributed by atoms with Crippen LogP contribution in [0.2, 0.25) is 0 Å². The average Bonchev–Trinajstić information content (AvgIpc) is 4.33. The number of aromatic nitrogens is 4. The number of nitrogens with zero attached hydrogens (tertiary/aromatic N) is 6. The average molecular weight is 1150 g/mol. The first kappa shape index (κ1) is 57.1. The fraction of sp³-hybridized carbons (Fsp3) is 0.385. The molecule has 9 rings (SSSR count). The fourth-order valence-corrected chi connectivity index (χ4v) is 10.2. The number of nitrogens with one attached hydrogen (secondary N) is 1. The quantitative estimate of drug-likeness (QED) is 0.0287. The van der Waals surface area contributed by atoms with Crippen molar-refractivity contribution in [1.29, 1.82) is 0 Å². The number of carbonyl (C=O) groups excluding carboxylic acids is 4. The van der Waals surface area contributed by atoms with Gasteiger partial charge < -0.3 is 77.1 Å². The molecule has 5 heterocycles. The van der Waals surface area contributed by atoms with Crippen LogP contribution in [0.4, 0.5) is 5.69 Å². The Morgan fingerprint density at radius 3 is 2.39 bits per heavy atom. The summed E-state index contributed by atoms with van der Waals surface area (Å²) < 4.78 is 75.3. The molecule has 0 aliphatic carbocycles. The molecule has 6 aromatic rings. The van der Waals surface area contributed by atoms with E-state index in [0.29, 0.717) is 33.3 Å². The second kappa shape index (κ2) is 24.4. The molecule has 3 aliphatic heterocycles. The van der Waals surface area contributed by atoms with Gasteiger partial charge in [0.05, 0.1) is 71.7 Å². The molecule has 3 aliphatic rings. The molecule has 426 valence electrons.